The molecule has 0 aliphatic heterocycles. The fourth-order valence-electron chi connectivity index (χ4n) is 1.65. The van der Waals surface area contributed by atoms with E-state index < -0.39 is 5.97 Å². The molecule has 3 N–H and O–H groups in total. The van der Waals surface area contributed by atoms with E-state index in [0.717, 1.165) is 19.3 Å². The van der Waals surface area contributed by atoms with Gasteiger partial charge in [-0.2, -0.15) is 0 Å². The second-order valence-electron chi connectivity index (χ2n) is 4.55. The van der Waals surface area contributed by atoms with Gasteiger partial charge in [-0.05, 0) is 25.7 Å². The summed E-state index contributed by atoms with van der Waals surface area (Å²) in [5, 5.41) is 20.2. The van der Waals surface area contributed by atoms with Crippen molar-refractivity contribution in [1.29, 1.82) is 0 Å². The van der Waals surface area contributed by atoms with E-state index >= 15 is 0 Å². The standard InChI is InChI=1S/C14H26N2O4/c1-2-3-4-5-6-8-13(18)15-12-16(9-7-10-17)11-14(19)20/h3-4,17H,2,5-12H2,1H3,(H,15,18)(H,19,20)/b4-3+. The molecule has 0 aliphatic rings. The van der Waals surface area contributed by atoms with Crippen LogP contribution in [0.4, 0.5) is 0 Å². The largest absolute Gasteiger partial charge is 0.480 e. The minimum Gasteiger partial charge on any atom is -0.480 e. The van der Waals surface area contributed by atoms with Crippen LogP contribution in [-0.2, 0) is 9.59 Å². The zero-order chi connectivity index (χ0) is 15.2. The van der Waals surface area contributed by atoms with Crippen LogP contribution >= 0.6 is 0 Å². The number of aliphatic carboxylic acids is 1. The Bertz CT molecular complexity index is 306. The number of hydrogen-bond donors (Lipinski definition) is 3. The molecule has 0 radical (unpaired) electrons. The predicted octanol–water partition coefficient (Wildman–Crippen LogP) is 0.966. The van der Waals surface area contributed by atoms with E-state index in [0.29, 0.717) is 19.4 Å². The van der Waals surface area contributed by atoms with Crippen molar-refractivity contribution >= 4 is 11.9 Å². The van der Waals surface area contributed by atoms with Gasteiger partial charge in [0.25, 0.3) is 0 Å². The molecule has 0 unspecified atom stereocenters. The van der Waals surface area contributed by atoms with Gasteiger partial charge in [0.05, 0.1) is 13.2 Å². The second kappa shape index (κ2) is 12.6. The maximum atomic E-state index is 11.6. The molecule has 0 atom stereocenters. The third-order valence-corrected chi connectivity index (χ3v) is 2.67. The SMILES string of the molecule is CC/C=C/CCCC(=O)NCN(CCCO)CC(=O)O. The summed E-state index contributed by atoms with van der Waals surface area (Å²) in [5.41, 5.74) is 0. The number of rotatable bonds is 12. The lowest BCUT2D eigenvalue weighted by atomic mass is 10.2. The lowest BCUT2D eigenvalue weighted by molar-refractivity contribution is -0.139. The van der Waals surface area contributed by atoms with Gasteiger partial charge in [-0.25, -0.2) is 0 Å². The zero-order valence-electron chi connectivity index (χ0n) is 12.2. The Balaban J connectivity index is 3.85. The van der Waals surface area contributed by atoms with E-state index in [1.807, 2.05) is 0 Å². The van der Waals surface area contributed by atoms with E-state index in [1.165, 1.54) is 0 Å². The fraction of sp³-hybridized carbons (Fsp3) is 0.714. The van der Waals surface area contributed by atoms with Crippen molar-refractivity contribution < 1.29 is 19.8 Å². The highest BCUT2D eigenvalue weighted by Gasteiger charge is 2.10. The van der Waals surface area contributed by atoms with Crippen LogP contribution in [-0.4, -0.2) is 53.4 Å². The van der Waals surface area contributed by atoms with Crippen LogP contribution in [0.5, 0.6) is 0 Å². The van der Waals surface area contributed by atoms with Crippen molar-refractivity contribution in [2.75, 3.05) is 26.4 Å². The molecule has 0 aromatic rings. The van der Waals surface area contributed by atoms with Gasteiger partial charge in [0, 0.05) is 19.6 Å². The first-order chi connectivity index (χ1) is 9.60. The summed E-state index contributed by atoms with van der Waals surface area (Å²) in [7, 11) is 0. The Morgan fingerprint density at radius 3 is 2.60 bits per heavy atom. The molecule has 0 spiro atoms. The van der Waals surface area contributed by atoms with Crippen LogP contribution in [0.15, 0.2) is 12.2 Å². The molecular weight excluding hydrogens is 260 g/mol. The van der Waals surface area contributed by atoms with Crippen molar-refractivity contribution in [3.8, 4) is 0 Å². The molecule has 0 bridgehead atoms. The summed E-state index contributed by atoms with van der Waals surface area (Å²) in [4.78, 5) is 23.8. The Kier molecular flexibility index (Phi) is 11.7. The highest BCUT2D eigenvalue weighted by Crippen LogP contribution is 1.98. The quantitative estimate of drug-likeness (QED) is 0.282. The molecule has 0 saturated heterocycles. The van der Waals surface area contributed by atoms with Crippen molar-refractivity contribution in [2.24, 2.45) is 0 Å². The molecule has 0 rings (SSSR count). The van der Waals surface area contributed by atoms with Crippen LogP contribution < -0.4 is 5.32 Å². The smallest absolute Gasteiger partial charge is 0.317 e. The third kappa shape index (κ3) is 11.7. The molecule has 0 aromatic carbocycles. The lowest BCUT2D eigenvalue weighted by Gasteiger charge is -2.20. The summed E-state index contributed by atoms with van der Waals surface area (Å²) in [5.74, 6) is -1.02. The maximum absolute atomic E-state index is 11.6. The van der Waals surface area contributed by atoms with Gasteiger partial charge in [0.15, 0.2) is 0 Å². The van der Waals surface area contributed by atoms with Gasteiger partial charge in [-0.15, -0.1) is 0 Å². The Hall–Kier alpha value is -1.40. The average molecular weight is 286 g/mol. The number of carboxylic acid groups (broad SMARTS) is 1. The average Bonchev–Trinajstić information content (AvgIpc) is 2.41. The number of nitrogens with one attached hydrogen (secondary N) is 1. The van der Waals surface area contributed by atoms with Crippen LogP contribution in [0.3, 0.4) is 0 Å². The van der Waals surface area contributed by atoms with E-state index in [1.54, 1.807) is 4.90 Å². The zero-order valence-corrected chi connectivity index (χ0v) is 12.2. The number of aliphatic hydroxyl groups excluding tert-OH is 1. The van der Waals surface area contributed by atoms with E-state index in [4.69, 9.17) is 10.2 Å². The Morgan fingerprint density at radius 1 is 1.25 bits per heavy atom. The van der Waals surface area contributed by atoms with Crippen molar-refractivity contribution in [2.45, 2.75) is 39.0 Å². The van der Waals surface area contributed by atoms with Gasteiger partial charge in [-0.3, -0.25) is 14.5 Å². The predicted molar refractivity (Wildman–Crippen MR) is 77.2 cm³/mol. The highest BCUT2D eigenvalue weighted by atomic mass is 16.4. The minimum absolute atomic E-state index is 0.00777. The summed E-state index contributed by atoms with van der Waals surface area (Å²) >= 11 is 0. The van der Waals surface area contributed by atoms with Crippen LogP contribution in [0.25, 0.3) is 0 Å². The molecule has 0 heterocycles. The third-order valence-electron chi connectivity index (χ3n) is 2.67. The van der Waals surface area contributed by atoms with Gasteiger partial charge in [-0.1, -0.05) is 19.1 Å². The monoisotopic (exact) mass is 286 g/mol. The van der Waals surface area contributed by atoms with Crippen molar-refractivity contribution in [3.05, 3.63) is 12.2 Å². The maximum Gasteiger partial charge on any atom is 0.317 e. The van der Waals surface area contributed by atoms with Crippen LogP contribution in [0, 0.1) is 0 Å². The van der Waals surface area contributed by atoms with E-state index in [9.17, 15) is 9.59 Å². The molecule has 20 heavy (non-hydrogen) atoms. The molecular formula is C14H26N2O4. The number of nitrogens with zero attached hydrogens (tertiary/aromatic N) is 1. The number of amides is 1. The Morgan fingerprint density at radius 2 is 2.00 bits per heavy atom. The second-order valence-corrected chi connectivity index (χ2v) is 4.55. The number of carbonyl (C=O) groups excluding carboxylic acids is 1. The molecule has 116 valence electrons. The van der Waals surface area contributed by atoms with E-state index in [2.05, 4.69) is 24.4 Å². The molecule has 6 nitrogen and oxygen atoms in total. The number of aliphatic hydroxyl groups is 1. The molecule has 6 heteroatoms. The molecule has 0 aromatic heterocycles. The van der Waals surface area contributed by atoms with Gasteiger partial charge < -0.3 is 15.5 Å². The Labute approximate surface area is 120 Å². The number of unbranched alkanes of at least 4 members (excludes halogenated alkanes) is 1. The summed E-state index contributed by atoms with van der Waals surface area (Å²) in [6.07, 6.45) is 7.73. The fourth-order valence-corrected chi connectivity index (χ4v) is 1.65. The van der Waals surface area contributed by atoms with Crippen molar-refractivity contribution in [3.63, 3.8) is 0 Å². The highest BCUT2D eigenvalue weighted by molar-refractivity contribution is 5.75. The first-order valence-electron chi connectivity index (χ1n) is 7.06. The number of hydrogen-bond acceptors (Lipinski definition) is 4. The molecule has 0 saturated carbocycles. The topological polar surface area (TPSA) is 89.9 Å². The van der Waals surface area contributed by atoms with Crippen LogP contribution in [0.2, 0.25) is 0 Å². The van der Waals surface area contributed by atoms with Crippen LogP contribution in [0.1, 0.15) is 39.0 Å². The molecule has 0 fully saturated rings. The first-order valence-corrected chi connectivity index (χ1v) is 7.06. The number of allylic oxidation sites excluding steroid dienone is 2. The number of carboxylic acids is 1. The normalized spacial score (nSPS) is 11.2. The van der Waals surface area contributed by atoms with E-state index in [-0.39, 0.29) is 25.7 Å². The van der Waals surface area contributed by atoms with Gasteiger partial charge >= 0.3 is 5.97 Å². The summed E-state index contributed by atoms with van der Waals surface area (Å²) < 4.78 is 0. The van der Waals surface area contributed by atoms with Gasteiger partial charge in [0.2, 0.25) is 5.91 Å². The first kappa shape index (κ1) is 18.6. The molecule has 1 amide bonds. The number of carbonyl (C=O) groups is 2. The minimum atomic E-state index is -0.943. The molecule has 0 aliphatic carbocycles. The van der Waals surface area contributed by atoms with Crippen molar-refractivity contribution in [1.82, 2.24) is 10.2 Å². The summed E-state index contributed by atoms with van der Waals surface area (Å²) in [6.45, 7) is 2.58. The van der Waals surface area contributed by atoms with Gasteiger partial charge in [0.1, 0.15) is 0 Å². The summed E-state index contributed by atoms with van der Waals surface area (Å²) in [6, 6.07) is 0. The lowest BCUT2D eigenvalue weighted by Crippen LogP contribution is -2.41.